The average molecular weight is 255 g/mol. The van der Waals surface area contributed by atoms with Gasteiger partial charge in [0.15, 0.2) is 0 Å². The second kappa shape index (κ2) is 7.74. The molecule has 1 amide bonds. The molecule has 0 bridgehead atoms. The third-order valence-corrected chi connectivity index (χ3v) is 4.17. The summed E-state index contributed by atoms with van der Waals surface area (Å²) in [7, 11) is 3.64. The molecule has 2 N–H and O–H groups in total. The molecule has 106 valence electrons. The fraction of sp³-hybridized carbons (Fsp3) is 0.929. The van der Waals surface area contributed by atoms with Crippen molar-refractivity contribution in [3.63, 3.8) is 0 Å². The number of carbonyl (C=O) groups is 1. The van der Waals surface area contributed by atoms with Gasteiger partial charge in [0.1, 0.15) is 0 Å². The minimum Gasteiger partial charge on any atom is -0.349 e. The normalized spacial score (nSPS) is 25.1. The molecule has 18 heavy (non-hydrogen) atoms. The van der Waals surface area contributed by atoms with E-state index in [1.165, 1.54) is 12.8 Å². The van der Waals surface area contributed by atoms with E-state index in [9.17, 15) is 4.79 Å². The van der Waals surface area contributed by atoms with Crippen LogP contribution in [0.5, 0.6) is 0 Å². The van der Waals surface area contributed by atoms with Crippen molar-refractivity contribution in [2.24, 2.45) is 17.6 Å². The lowest BCUT2D eigenvalue weighted by atomic mass is 9.84. The SMILES string of the molecule is CCC1CN(CCCC(=O)N(C)C)CCC1CN. The van der Waals surface area contributed by atoms with Crippen LogP contribution in [0.3, 0.4) is 0 Å². The van der Waals surface area contributed by atoms with Gasteiger partial charge in [0.2, 0.25) is 5.91 Å². The number of rotatable bonds is 6. The van der Waals surface area contributed by atoms with Gasteiger partial charge >= 0.3 is 0 Å². The van der Waals surface area contributed by atoms with Crippen LogP contribution in [0.4, 0.5) is 0 Å². The first-order valence-electron chi connectivity index (χ1n) is 7.21. The van der Waals surface area contributed by atoms with Crippen molar-refractivity contribution in [3.05, 3.63) is 0 Å². The standard InChI is InChI=1S/C14H29N3O/c1-4-12-11-17(9-7-13(12)10-15)8-5-6-14(18)16(2)3/h12-13H,4-11,15H2,1-3H3. The van der Waals surface area contributed by atoms with Gasteiger partial charge in [-0.15, -0.1) is 0 Å². The Balaban J connectivity index is 2.26. The van der Waals surface area contributed by atoms with E-state index in [4.69, 9.17) is 5.73 Å². The van der Waals surface area contributed by atoms with Crippen molar-refractivity contribution in [2.45, 2.75) is 32.6 Å². The molecule has 0 aliphatic carbocycles. The highest BCUT2D eigenvalue weighted by atomic mass is 16.2. The van der Waals surface area contributed by atoms with Gasteiger partial charge in [0.05, 0.1) is 0 Å². The van der Waals surface area contributed by atoms with Gasteiger partial charge in [0, 0.05) is 27.1 Å². The fourth-order valence-electron chi connectivity index (χ4n) is 2.81. The molecule has 1 aliphatic heterocycles. The molecule has 4 nitrogen and oxygen atoms in total. The summed E-state index contributed by atoms with van der Waals surface area (Å²) in [4.78, 5) is 15.7. The van der Waals surface area contributed by atoms with Crippen LogP contribution < -0.4 is 5.73 Å². The maximum absolute atomic E-state index is 11.5. The van der Waals surface area contributed by atoms with Gasteiger partial charge in [-0.1, -0.05) is 13.3 Å². The van der Waals surface area contributed by atoms with Crippen LogP contribution in [0.25, 0.3) is 0 Å². The zero-order chi connectivity index (χ0) is 13.5. The maximum Gasteiger partial charge on any atom is 0.222 e. The number of hydrogen-bond donors (Lipinski definition) is 1. The molecule has 0 aromatic heterocycles. The van der Waals surface area contributed by atoms with E-state index >= 15 is 0 Å². The van der Waals surface area contributed by atoms with E-state index in [-0.39, 0.29) is 5.91 Å². The van der Waals surface area contributed by atoms with E-state index in [0.717, 1.165) is 38.5 Å². The third kappa shape index (κ3) is 4.58. The Bertz CT molecular complexity index is 255. The summed E-state index contributed by atoms with van der Waals surface area (Å²) >= 11 is 0. The minimum absolute atomic E-state index is 0.235. The van der Waals surface area contributed by atoms with Gasteiger partial charge in [0.25, 0.3) is 0 Å². The smallest absolute Gasteiger partial charge is 0.222 e. The quantitative estimate of drug-likeness (QED) is 0.775. The molecule has 2 atom stereocenters. The molecule has 4 heteroatoms. The summed E-state index contributed by atoms with van der Waals surface area (Å²) < 4.78 is 0. The molecule has 0 aromatic rings. The zero-order valence-electron chi connectivity index (χ0n) is 12.2. The molecular formula is C14H29N3O. The molecule has 1 rings (SSSR count). The Morgan fingerprint density at radius 3 is 2.67 bits per heavy atom. The molecule has 0 aromatic carbocycles. The number of carbonyl (C=O) groups excluding carboxylic acids is 1. The second-order valence-electron chi connectivity index (χ2n) is 5.65. The number of nitrogens with zero attached hydrogens (tertiary/aromatic N) is 2. The lowest BCUT2D eigenvalue weighted by molar-refractivity contribution is -0.128. The molecule has 0 spiro atoms. The van der Waals surface area contributed by atoms with Gasteiger partial charge in [-0.3, -0.25) is 4.79 Å². The van der Waals surface area contributed by atoms with Gasteiger partial charge in [-0.05, 0) is 44.3 Å². The zero-order valence-corrected chi connectivity index (χ0v) is 12.2. The predicted octanol–water partition coefficient (Wildman–Crippen LogP) is 1.16. The topological polar surface area (TPSA) is 49.6 Å². The molecule has 1 fully saturated rings. The first-order chi connectivity index (χ1) is 8.58. The van der Waals surface area contributed by atoms with Crippen molar-refractivity contribution < 1.29 is 4.79 Å². The average Bonchev–Trinajstić information content (AvgIpc) is 2.38. The Labute approximate surface area is 111 Å². The van der Waals surface area contributed by atoms with Gasteiger partial charge in [-0.2, -0.15) is 0 Å². The van der Waals surface area contributed by atoms with Crippen molar-refractivity contribution in [1.82, 2.24) is 9.80 Å². The second-order valence-corrected chi connectivity index (χ2v) is 5.65. The molecule has 1 aliphatic rings. The van der Waals surface area contributed by atoms with Crippen molar-refractivity contribution in [2.75, 3.05) is 40.3 Å². The number of hydrogen-bond acceptors (Lipinski definition) is 3. The van der Waals surface area contributed by atoms with Crippen LogP contribution in [0.15, 0.2) is 0 Å². The number of amides is 1. The summed E-state index contributed by atoms with van der Waals surface area (Å²) in [5, 5.41) is 0. The summed E-state index contributed by atoms with van der Waals surface area (Å²) in [6.07, 6.45) is 4.08. The molecule has 0 radical (unpaired) electrons. The van der Waals surface area contributed by atoms with Crippen LogP contribution in [-0.2, 0) is 4.79 Å². The van der Waals surface area contributed by atoms with Crippen LogP contribution >= 0.6 is 0 Å². The summed E-state index contributed by atoms with van der Waals surface area (Å²) in [5.41, 5.74) is 5.82. The first-order valence-corrected chi connectivity index (χ1v) is 7.21. The summed E-state index contributed by atoms with van der Waals surface area (Å²) in [6.45, 7) is 6.44. The molecular weight excluding hydrogens is 226 g/mol. The van der Waals surface area contributed by atoms with Crippen LogP contribution in [0.1, 0.15) is 32.6 Å². The van der Waals surface area contributed by atoms with Gasteiger partial charge in [-0.25, -0.2) is 0 Å². The van der Waals surface area contributed by atoms with E-state index in [1.807, 2.05) is 14.1 Å². The van der Waals surface area contributed by atoms with E-state index < -0.39 is 0 Å². The largest absolute Gasteiger partial charge is 0.349 e. The Kier molecular flexibility index (Phi) is 6.65. The van der Waals surface area contributed by atoms with Crippen LogP contribution in [0, 0.1) is 11.8 Å². The number of nitrogens with two attached hydrogens (primary N) is 1. The Hall–Kier alpha value is -0.610. The van der Waals surface area contributed by atoms with Crippen molar-refractivity contribution >= 4 is 5.91 Å². The number of likely N-dealkylation sites (tertiary alicyclic amines) is 1. The molecule has 0 saturated carbocycles. The molecule has 1 saturated heterocycles. The van der Waals surface area contributed by atoms with Crippen LogP contribution in [-0.4, -0.2) is 56.0 Å². The fourth-order valence-corrected chi connectivity index (χ4v) is 2.81. The van der Waals surface area contributed by atoms with Crippen molar-refractivity contribution in [3.8, 4) is 0 Å². The minimum atomic E-state index is 0.235. The van der Waals surface area contributed by atoms with E-state index in [1.54, 1.807) is 4.90 Å². The molecule has 2 unspecified atom stereocenters. The monoisotopic (exact) mass is 255 g/mol. The maximum atomic E-state index is 11.5. The van der Waals surface area contributed by atoms with Crippen molar-refractivity contribution in [1.29, 1.82) is 0 Å². The lowest BCUT2D eigenvalue weighted by Crippen LogP contribution is -2.43. The lowest BCUT2D eigenvalue weighted by Gasteiger charge is -2.37. The third-order valence-electron chi connectivity index (χ3n) is 4.17. The Morgan fingerprint density at radius 2 is 2.11 bits per heavy atom. The highest BCUT2D eigenvalue weighted by Gasteiger charge is 2.26. The van der Waals surface area contributed by atoms with Gasteiger partial charge < -0.3 is 15.5 Å². The number of piperidine rings is 1. The highest BCUT2D eigenvalue weighted by Crippen LogP contribution is 2.25. The van der Waals surface area contributed by atoms with Crippen LogP contribution in [0.2, 0.25) is 0 Å². The highest BCUT2D eigenvalue weighted by molar-refractivity contribution is 5.75. The predicted molar refractivity (Wildman–Crippen MR) is 75.3 cm³/mol. The summed E-state index contributed by atoms with van der Waals surface area (Å²) in [6, 6.07) is 0. The van der Waals surface area contributed by atoms with E-state index in [2.05, 4.69) is 11.8 Å². The van der Waals surface area contributed by atoms with E-state index in [0.29, 0.717) is 12.3 Å². The molecule has 1 heterocycles. The Morgan fingerprint density at radius 1 is 1.39 bits per heavy atom. The summed E-state index contributed by atoms with van der Waals surface area (Å²) in [5.74, 6) is 1.68. The first kappa shape index (κ1) is 15.4.